The van der Waals surface area contributed by atoms with E-state index in [0.29, 0.717) is 6.04 Å². The van der Waals surface area contributed by atoms with Gasteiger partial charge in [-0.05, 0) is 31.3 Å². The smallest absolute Gasteiger partial charge is 0.168 e. The summed E-state index contributed by atoms with van der Waals surface area (Å²) in [4.78, 5) is 0. The lowest BCUT2D eigenvalue weighted by molar-refractivity contribution is 0.522. The van der Waals surface area contributed by atoms with Crippen molar-refractivity contribution >= 4 is 16.5 Å². The molecule has 2 heterocycles. The first-order chi connectivity index (χ1) is 8.27. The molecule has 1 aliphatic rings. The molecule has 0 atom stereocenters. The Balaban J connectivity index is 2.06. The van der Waals surface area contributed by atoms with Crippen molar-refractivity contribution in [3.8, 4) is 11.4 Å². The third kappa shape index (κ3) is 1.72. The molecular weight excluding hydrogens is 234 g/mol. The minimum atomic E-state index is 0.527. The molecule has 1 aliphatic carbocycles. The Hall–Kier alpha value is -1.43. The molecule has 0 unspecified atom stereocenters. The number of rotatable bonds is 2. The number of hydrogen-bond donors (Lipinski definition) is 1. The van der Waals surface area contributed by atoms with Gasteiger partial charge in [0.15, 0.2) is 5.82 Å². The van der Waals surface area contributed by atoms with Crippen LogP contribution in [0.1, 0.15) is 37.4 Å². The molecule has 90 valence electrons. The molecule has 0 spiro atoms. The second-order valence-electron chi connectivity index (χ2n) is 4.51. The summed E-state index contributed by atoms with van der Waals surface area (Å²) < 4.78 is 6.44. The summed E-state index contributed by atoms with van der Waals surface area (Å²) in [6, 6.07) is 0.527. The van der Waals surface area contributed by atoms with Crippen LogP contribution in [0.3, 0.4) is 0 Å². The maximum absolute atomic E-state index is 5.98. The second kappa shape index (κ2) is 4.10. The van der Waals surface area contributed by atoms with E-state index in [1.165, 1.54) is 37.2 Å². The predicted octanol–water partition coefficient (Wildman–Crippen LogP) is 2.41. The molecule has 5 nitrogen and oxygen atoms in total. The molecule has 0 amide bonds. The third-order valence-electron chi connectivity index (χ3n) is 3.40. The molecule has 0 aliphatic heterocycles. The summed E-state index contributed by atoms with van der Waals surface area (Å²) >= 11 is 1.33. The molecule has 0 radical (unpaired) electrons. The van der Waals surface area contributed by atoms with Gasteiger partial charge in [0.05, 0.1) is 11.3 Å². The Morgan fingerprint density at radius 3 is 2.82 bits per heavy atom. The molecule has 3 rings (SSSR count). The molecule has 2 aromatic rings. The average Bonchev–Trinajstić information content (AvgIpc) is 2.98. The van der Waals surface area contributed by atoms with Gasteiger partial charge in [0, 0.05) is 6.04 Å². The SMILES string of the molecule is Cc1nsc(N)c1-c1nncn1C1CCCC1. The lowest BCUT2D eigenvalue weighted by atomic mass is 10.2. The summed E-state index contributed by atoms with van der Waals surface area (Å²) in [5, 5.41) is 8.99. The van der Waals surface area contributed by atoms with Crippen molar-refractivity contribution in [1.82, 2.24) is 19.1 Å². The van der Waals surface area contributed by atoms with Crippen molar-refractivity contribution in [2.24, 2.45) is 0 Å². The van der Waals surface area contributed by atoms with Crippen molar-refractivity contribution in [3.63, 3.8) is 0 Å². The van der Waals surface area contributed by atoms with Crippen LogP contribution in [-0.2, 0) is 0 Å². The summed E-state index contributed by atoms with van der Waals surface area (Å²) in [5.74, 6) is 0.876. The second-order valence-corrected chi connectivity index (χ2v) is 5.31. The van der Waals surface area contributed by atoms with Crippen LogP contribution < -0.4 is 5.73 Å². The molecule has 2 aromatic heterocycles. The van der Waals surface area contributed by atoms with Crippen LogP contribution in [0.5, 0.6) is 0 Å². The zero-order chi connectivity index (χ0) is 11.8. The Kier molecular flexibility index (Phi) is 2.58. The number of aryl methyl sites for hydroxylation is 1. The number of nitrogens with zero attached hydrogens (tertiary/aromatic N) is 4. The van der Waals surface area contributed by atoms with E-state index >= 15 is 0 Å². The van der Waals surface area contributed by atoms with Crippen molar-refractivity contribution in [2.75, 3.05) is 5.73 Å². The minimum absolute atomic E-state index is 0.527. The van der Waals surface area contributed by atoms with Gasteiger partial charge in [0.2, 0.25) is 0 Å². The van der Waals surface area contributed by atoms with Crippen LogP contribution in [0.2, 0.25) is 0 Å². The zero-order valence-corrected chi connectivity index (χ0v) is 10.6. The first kappa shape index (κ1) is 10.7. The summed E-state index contributed by atoms with van der Waals surface area (Å²) in [6.07, 6.45) is 6.82. The molecule has 0 bridgehead atoms. The minimum Gasteiger partial charge on any atom is -0.389 e. The van der Waals surface area contributed by atoms with E-state index in [9.17, 15) is 0 Å². The fourth-order valence-electron chi connectivity index (χ4n) is 2.53. The van der Waals surface area contributed by atoms with E-state index < -0.39 is 0 Å². The molecule has 0 aromatic carbocycles. The Labute approximate surface area is 104 Å². The molecular formula is C11H15N5S. The normalized spacial score (nSPS) is 16.8. The van der Waals surface area contributed by atoms with Crippen molar-refractivity contribution in [2.45, 2.75) is 38.6 Å². The Morgan fingerprint density at radius 1 is 1.41 bits per heavy atom. The standard InChI is InChI=1S/C11H15N5S/c1-7-9(10(12)17-15-7)11-14-13-6-16(11)8-4-2-3-5-8/h6,8H,2-5,12H2,1H3. The maximum atomic E-state index is 5.98. The van der Waals surface area contributed by atoms with Gasteiger partial charge >= 0.3 is 0 Å². The fourth-order valence-corrected chi connectivity index (χ4v) is 3.19. The highest BCUT2D eigenvalue weighted by molar-refractivity contribution is 7.10. The van der Waals surface area contributed by atoms with Gasteiger partial charge in [-0.2, -0.15) is 4.37 Å². The number of anilines is 1. The van der Waals surface area contributed by atoms with E-state index in [4.69, 9.17) is 5.73 Å². The predicted molar refractivity (Wildman–Crippen MR) is 67.8 cm³/mol. The highest BCUT2D eigenvalue weighted by Crippen LogP contribution is 2.36. The van der Waals surface area contributed by atoms with Crippen molar-refractivity contribution in [1.29, 1.82) is 0 Å². The van der Waals surface area contributed by atoms with E-state index in [1.54, 1.807) is 0 Å². The van der Waals surface area contributed by atoms with E-state index in [-0.39, 0.29) is 0 Å². The Morgan fingerprint density at radius 2 is 2.18 bits per heavy atom. The summed E-state index contributed by atoms with van der Waals surface area (Å²) in [7, 11) is 0. The molecule has 1 saturated carbocycles. The molecule has 6 heteroatoms. The molecule has 2 N–H and O–H groups in total. The van der Waals surface area contributed by atoms with Gasteiger partial charge < -0.3 is 10.3 Å². The number of aromatic nitrogens is 4. The molecule has 17 heavy (non-hydrogen) atoms. The van der Waals surface area contributed by atoms with Gasteiger partial charge in [0.25, 0.3) is 0 Å². The maximum Gasteiger partial charge on any atom is 0.168 e. The molecule has 1 fully saturated rings. The number of nitrogens with two attached hydrogens (primary N) is 1. The summed E-state index contributed by atoms with van der Waals surface area (Å²) in [6.45, 7) is 1.97. The molecule has 0 saturated heterocycles. The lowest BCUT2D eigenvalue weighted by Crippen LogP contribution is -2.06. The third-order valence-corrected chi connectivity index (χ3v) is 4.17. The average molecular weight is 249 g/mol. The van der Waals surface area contributed by atoms with Gasteiger partial charge in [0.1, 0.15) is 11.3 Å². The van der Waals surface area contributed by atoms with Crippen LogP contribution in [0.4, 0.5) is 5.00 Å². The quantitative estimate of drug-likeness (QED) is 0.887. The first-order valence-corrected chi connectivity index (χ1v) is 6.66. The van der Waals surface area contributed by atoms with Crippen molar-refractivity contribution < 1.29 is 0 Å². The largest absolute Gasteiger partial charge is 0.389 e. The lowest BCUT2D eigenvalue weighted by Gasteiger charge is -2.13. The van der Waals surface area contributed by atoms with Crippen LogP contribution in [-0.4, -0.2) is 19.1 Å². The van der Waals surface area contributed by atoms with Crippen LogP contribution in [0, 0.1) is 6.92 Å². The fraction of sp³-hybridized carbons (Fsp3) is 0.545. The van der Waals surface area contributed by atoms with E-state index in [2.05, 4.69) is 19.1 Å². The number of nitrogen functional groups attached to an aromatic ring is 1. The van der Waals surface area contributed by atoms with Crippen LogP contribution in [0.15, 0.2) is 6.33 Å². The highest BCUT2D eigenvalue weighted by Gasteiger charge is 2.23. The van der Waals surface area contributed by atoms with Crippen LogP contribution >= 0.6 is 11.5 Å². The Bertz CT molecular complexity index is 504. The van der Waals surface area contributed by atoms with E-state index in [1.807, 2.05) is 13.3 Å². The van der Waals surface area contributed by atoms with Gasteiger partial charge in [-0.25, -0.2) is 0 Å². The highest BCUT2D eigenvalue weighted by atomic mass is 32.1. The van der Waals surface area contributed by atoms with Gasteiger partial charge in [-0.3, -0.25) is 0 Å². The zero-order valence-electron chi connectivity index (χ0n) is 9.76. The number of hydrogen-bond acceptors (Lipinski definition) is 5. The van der Waals surface area contributed by atoms with Crippen LogP contribution in [0.25, 0.3) is 11.4 Å². The van der Waals surface area contributed by atoms with Crippen molar-refractivity contribution in [3.05, 3.63) is 12.0 Å². The van der Waals surface area contributed by atoms with E-state index in [0.717, 1.165) is 22.1 Å². The monoisotopic (exact) mass is 249 g/mol. The topological polar surface area (TPSA) is 69.6 Å². The summed E-state index contributed by atoms with van der Waals surface area (Å²) in [5.41, 5.74) is 7.88. The first-order valence-electron chi connectivity index (χ1n) is 5.89. The van der Waals surface area contributed by atoms with Gasteiger partial charge in [-0.15, -0.1) is 10.2 Å². The van der Waals surface area contributed by atoms with Gasteiger partial charge in [-0.1, -0.05) is 12.8 Å².